The van der Waals surface area contributed by atoms with E-state index in [-0.39, 0.29) is 30.2 Å². The molecule has 0 spiro atoms. The summed E-state index contributed by atoms with van der Waals surface area (Å²) in [5.41, 5.74) is 3.67. The van der Waals surface area contributed by atoms with E-state index >= 15 is 0 Å². The van der Waals surface area contributed by atoms with Crippen LogP contribution >= 0.6 is 11.8 Å². The summed E-state index contributed by atoms with van der Waals surface area (Å²) in [6.45, 7) is 5.70. The van der Waals surface area contributed by atoms with Crippen molar-refractivity contribution in [3.05, 3.63) is 59.7 Å². The SMILES string of the molecule is CCCC1SCC(C(=O)O)N1C(=O)CC(C)(C)NC(=O)OCC1c2ccccc2-c2ccccc21. The van der Waals surface area contributed by atoms with Crippen molar-refractivity contribution in [3.63, 3.8) is 0 Å². The lowest BCUT2D eigenvalue weighted by molar-refractivity contribution is -0.149. The number of carbonyl (C=O) groups excluding carboxylic acids is 2. The number of ether oxygens (including phenoxy) is 1. The van der Waals surface area contributed by atoms with Gasteiger partial charge in [-0.1, -0.05) is 61.9 Å². The Balaban J connectivity index is 1.38. The number of amides is 2. The second kappa shape index (κ2) is 10.3. The fraction of sp³-hybridized carbons (Fsp3) is 0.444. The zero-order valence-corrected chi connectivity index (χ0v) is 21.1. The molecular weight excluding hydrogens is 464 g/mol. The molecule has 4 rings (SSSR count). The molecule has 2 amide bonds. The average Bonchev–Trinajstić information content (AvgIpc) is 3.37. The second-order valence-electron chi connectivity index (χ2n) is 9.74. The van der Waals surface area contributed by atoms with E-state index in [2.05, 4.69) is 29.6 Å². The van der Waals surface area contributed by atoms with Crippen molar-refractivity contribution < 1.29 is 24.2 Å². The van der Waals surface area contributed by atoms with Crippen LogP contribution in [0.2, 0.25) is 0 Å². The highest BCUT2D eigenvalue weighted by atomic mass is 32.2. The Morgan fingerprint density at radius 3 is 2.26 bits per heavy atom. The summed E-state index contributed by atoms with van der Waals surface area (Å²) in [5.74, 6) is -0.936. The lowest BCUT2D eigenvalue weighted by Crippen LogP contribution is -2.51. The van der Waals surface area contributed by atoms with Crippen LogP contribution in [0.3, 0.4) is 0 Å². The summed E-state index contributed by atoms with van der Waals surface area (Å²) in [7, 11) is 0. The minimum absolute atomic E-state index is 0.0122. The van der Waals surface area contributed by atoms with Gasteiger partial charge < -0.3 is 20.1 Å². The molecule has 0 radical (unpaired) electrons. The van der Waals surface area contributed by atoms with Crippen molar-refractivity contribution in [3.8, 4) is 11.1 Å². The topological polar surface area (TPSA) is 95.9 Å². The molecular formula is C27H32N2O5S. The van der Waals surface area contributed by atoms with Crippen LogP contribution in [0.15, 0.2) is 48.5 Å². The molecule has 0 aromatic heterocycles. The van der Waals surface area contributed by atoms with Crippen LogP contribution in [0.1, 0.15) is 57.1 Å². The van der Waals surface area contributed by atoms with E-state index in [1.165, 1.54) is 16.7 Å². The number of aliphatic carboxylic acids is 1. The fourth-order valence-electron chi connectivity index (χ4n) is 4.98. The zero-order valence-electron chi connectivity index (χ0n) is 20.3. The van der Waals surface area contributed by atoms with Gasteiger partial charge in [0.05, 0.1) is 5.37 Å². The van der Waals surface area contributed by atoms with Gasteiger partial charge in [0.2, 0.25) is 5.91 Å². The number of thioether (sulfide) groups is 1. The minimum Gasteiger partial charge on any atom is -0.480 e. The Bertz CT molecular complexity index is 1070. The van der Waals surface area contributed by atoms with Crippen LogP contribution in [0.5, 0.6) is 0 Å². The molecule has 1 aliphatic heterocycles. The van der Waals surface area contributed by atoms with E-state index in [0.717, 1.165) is 35.1 Å². The molecule has 7 nitrogen and oxygen atoms in total. The minimum atomic E-state index is -0.994. The predicted octanol–water partition coefficient (Wildman–Crippen LogP) is 4.85. The maximum atomic E-state index is 13.1. The van der Waals surface area contributed by atoms with Gasteiger partial charge in [0.25, 0.3) is 0 Å². The predicted molar refractivity (Wildman–Crippen MR) is 136 cm³/mol. The molecule has 2 unspecified atom stereocenters. The van der Waals surface area contributed by atoms with E-state index in [9.17, 15) is 19.5 Å². The van der Waals surface area contributed by atoms with Crippen LogP contribution in [0, 0.1) is 0 Å². The Hall–Kier alpha value is -3.00. The number of hydrogen-bond acceptors (Lipinski definition) is 5. The van der Waals surface area contributed by atoms with Crippen molar-refractivity contribution >= 4 is 29.7 Å². The van der Waals surface area contributed by atoms with Gasteiger partial charge in [-0.2, -0.15) is 0 Å². The Kier molecular flexibility index (Phi) is 7.40. The van der Waals surface area contributed by atoms with Gasteiger partial charge in [-0.05, 0) is 42.5 Å². The normalized spacial score (nSPS) is 19.2. The highest BCUT2D eigenvalue weighted by Gasteiger charge is 2.42. The highest BCUT2D eigenvalue weighted by molar-refractivity contribution is 8.00. The van der Waals surface area contributed by atoms with E-state index in [0.29, 0.717) is 5.75 Å². The number of carboxylic acids is 1. The molecule has 186 valence electrons. The first kappa shape index (κ1) is 25.1. The third-order valence-electron chi connectivity index (χ3n) is 6.58. The Morgan fingerprint density at radius 2 is 1.69 bits per heavy atom. The number of carboxylic acid groups (broad SMARTS) is 1. The standard InChI is InChI=1S/C27H32N2O5S/c1-4-9-24-29(22(16-35-24)25(31)32)23(30)14-27(2,3)28-26(33)34-15-21-19-12-7-5-10-17(19)18-11-6-8-13-20(18)21/h5-8,10-13,21-22,24H,4,9,14-16H2,1-3H3,(H,28,33)(H,31,32). The van der Waals surface area contributed by atoms with Gasteiger partial charge in [0.15, 0.2) is 0 Å². The molecule has 1 saturated heterocycles. The third kappa shape index (κ3) is 5.32. The number of fused-ring (bicyclic) bond motifs is 3. The summed E-state index contributed by atoms with van der Waals surface area (Å²) >= 11 is 1.50. The van der Waals surface area contributed by atoms with E-state index < -0.39 is 23.6 Å². The van der Waals surface area contributed by atoms with Gasteiger partial charge in [-0.25, -0.2) is 9.59 Å². The Labute approximate surface area is 210 Å². The third-order valence-corrected chi connectivity index (χ3v) is 7.93. The summed E-state index contributed by atoms with van der Waals surface area (Å²) in [6, 6.07) is 15.4. The zero-order chi connectivity index (χ0) is 25.2. The van der Waals surface area contributed by atoms with Crippen molar-refractivity contribution in [2.75, 3.05) is 12.4 Å². The monoisotopic (exact) mass is 496 g/mol. The molecule has 2 N–H and O–H groups in total. The van der Waals surface area contributed by atoms with E-state index in [1.54, 1.807) is 13.8 Å². The van der Waals surface area contributed by atoms with Crippen LogP contribution in [-0.4, -0.2) is 57.3 Å². The first-order valence-electron chi connectivity index (χ1n) is 12.0. The molecule has 35 heavy (non-hydrogen) atoms. The first-order valence-corrected chi connectivity index (χ1v) is 13.1. The maximum Gasteiger partial charge on any atom is 0.407 e. The quantitative estimate of drug-likeness (QED) is 0.543. The number of nitrogens with zero attached hydrogens (tertiary/aromatic N) is 1. The van der Waals surface area contributed by atoms with E-state index in [4.69, 9.17) is 4.74 Å². The molecule has 2 aromatic carbocycles. The largest absolute Gasteiger partial charge is 0.480 e. The van der Waals surface area contributed by atoms with Gasteiger partial charge in [0.1, 0.15) is 12.6 Å². The van der Waals surface area contributed by atoms with E-state index in [1.807, 2.05) is 31.2 Å². The lowest BCUT2D eigenvalue weighted by Gasteiger charge is -2.32. The van der Waals surface area contributed by atoms with Crippen molar-refractivity contribution in [2.24, 2.45) is 0 Å². The number of benzene rings is 2. The van der Waals surface area contributed by atoms with Gasteiger partial charge >= 0.3 is 12.1 Å². The number of carbonyl (C=O) groups is 3. The lowest BCUT2D eigenvalue weighted by atomic mass is 9.98. The molecule has 1 heterocycles. The maximum absolute atomic E-state index is 13.1. The molecule has 2 atom stereocenters. The van der Waals surface area contributed by atoms with Gasteiger partial charge in [-0.3, -0.25) is 4.79 Å². The summed E-state index contributed by atoms with van der Waals surface area (Å²) < 4.78 is 5.63. The number of nitrogens with one attached hydrogen (secondary N) is 1. The average molecular weight is 497 g/mol. The Morgan fingerprint density at radius 1 is 1.09 bits per heavy atom. The van der Waals surface area contributed by atoms with Crippen LogP contribution in [0.25, 0.3) is 11.1 Å². The van der Waals surface area contributed by atoms with Gasteiger partial charge in [0, 0.05) is 23.6 Å². The smallest absolute Gasteiger partial charge is 0.407 e. The number of alkyl carbamates (subject to hydrolysis) is 1. The van der Waals surface area contributed by atoms with Crippen molar-refractivity contribution in [1.82, 2.24) is 10.2 Å². The fourth-order valence-corrected chi connectivity index (χ4v) is 6.52. The molecule has 1 fully saturated rings. The molecule has 8 heteroatoms. The number of rotatable bonds is 8. The molecule has 1 aliphatic carbocycles. The summed E-state index contributed by atoms with van der Waals surface area (Å²) in [6.07, 6.45) is 0.984. The highest BCUT2D eigenvalue weighted by Crippen LogP contribution is 2.44. The summed E-state index contributed by atoms with van der Waals surface area (Å²) in [5, 5.41) is 12.2. The van der Waals surface area contributed by atoms with Crippen molar-refractivity contribution in [1.29, 1.82) is 0 Å². The summed E-state index contributed by atoms with van der Waals surface area (Å²) in [4.78, 5) is 39.0. The van der Waals surface area contributed by atoms with Gasteiger partial charge in [-0.15, -0.1) is 11.8 Å². The van der Waals surface area contributed by atoms with Crippen LogP contribution in [-0.2, 0) is 14.3 Å². The molecule has 0 saturated carbocycles. The molecule has 2 aliphatic rings. The molecule has 2 aromatic rings. The van der Waals surface area contributed by atoms with Crippen LogP contribution < -0.4 is 5.32 Å². The first-order chi connectivity index (χ1) is 16.7. The molecule has 0 bridgehead atoms. The van der Waals surface area contributed by atoms with Crippen LogP contribution in [0.4, 0.5) is 4.79 Å². The number of hydrogen-bond donors (Lipinski definition) is 2. The second-order valence-corrected chi connectivity index (χ2v) is 11.0. The van der Waals surface area contributed by atoms with Crippen molar-refractivity contribution in [2.45, 2.75) is 62.9 Å².